The zero-order chi connectivity index (χ0) is 18.4. The van der Waals surface area contributed by atoms with Crippen LogP contribution in [0.15, 0.2) is 71.5 Å². The maximum atomic E-state index is 11.8. The summed E-state index contributed by atoms with van der Waals surface area (Å²) in [6.45, 7) is 3.44. The molecule has 3 rings (SSSR count). The van der Waals surface area contributed by atoms with Gasteiger partial charge in [-0.3, -0.25) is 9.69 Å². The van der Waals surface area contributed by atoms with E-state index >= 15 is 0 Å². The molecule has 0 atom stereocenters. The molecule has 2 aromatic carbocycles. The molecule has 0 saturated heterocycles. The second kappa shape index (κ2) is 8.41. The molecule has 26 heavy (non-hydrogen) atoms. The van der Waals surface area contributed by atoms with Gasteiger partial charge in [-0.15, -0.1) is 0 Å². The predicted octanol–water partition coefficient (Wildman–Crippen LogP) is 3.89. The third-order valence-electron chi connectivity index (χ3n) is 4.11. The molecule has 0 amide bonds. The van der Waals surface area contributed by atoms with Crippen molar-refractivity contribution in [3.8, 4) is 11.4 Å². The summed E-state index contributed by atoms with van der Waals surface area (Å²) in [5, 5.41) is 0. The van der Waals surface area contributed by atoms with Crippen molar-refractivity contribution in [1.29, 1.82) is 0 Å². The van der Waals surface area contributed by atoms with Gasteiger partial charge in [0.15, 0.2) is 0 Å². The molecule has 3 aromatic rings. The van der Waals surface area contributed by atoms with E-state index in [2.05, 4.69) is 52.3 Å². The number of nitrogens with zero attached hydrogens (tertiary/aromatic N) is 2. The summed E-state index contributed by atoms with van der Waals surface area (Å²) in [7, 11) is 2.08. The largest absolute Gasteiger partial charge is 0.307 e. The summed E-state index contributed by atoms with van der Waals surface area (Å²) in [5.41, 5.74) is 3.89. The second-order valence-corrected chi connectivity index (χ2v) is 6.40. The fourth-order valence-corrected chi connectivity index (χ4v) is 2.88. The van der Waals surface area contributed by atoms with Crippen LogP contribution in [0.25, 0.3) is 17.5 Å². The Morgan fingerprint density at radius 1 is 1.08 bits per heavy atom. The van der Waals surface area contributed by atoms with Gasteiger partial charge in [-0.2, -0.15) is 0 Å². The van der Waals surface area contributed by atoms with Gasteiger partial charge in [-0.1, -0.05) is 66.7 Å². The van der Waals surface area contributed by atoms with Crippen LogP contribution in [0.5, 0.6) is 0 Å². The van der Waals surface area contributed by atoms with Crippen LogP contribution in [-0.2, 0) is 6.54 Å². The first-order valence-electron chi connectivity index (χ1n) is 8.68. The highest BCUT2D eigenvalue weighted by atomic mass is 16.1. The summed E-state index contributed by atoms with van der Waals surface area (Å²) >= 11 is 0. The van der Waals surface area contributed by atoms with Gasteiger partial charge in [-0.05, 0) is 25.1 Å². The number of rotatable bonds is 6. The number of H-pyrrole nitrogens is 1. The first-order valence-corrected chi connectivity index (χ1v) is 8.68. The predicted molar refractivity (Wildman–Crippen MR) is 107 cm³/mol. The molecular formula is C22H23N3O. The molecule has 0 radical (unpaired) electrons. The number of aromatic amines is 1. The van der Waals surface area contributed by atoms with Crippen LogP contribution in [0.2, 0.25) is 0 Å². The average Bonchev–Trinajstić information content (AvgIpc) is 2.62. The lowest BCUT2D eigenvalue weighted by atomic mass is 10.1. The summed E-state index contributed by atoms with van der Waals surface area (Å²) < 4.78 is 0. The topological polar surface area (TPSA) is 49.0 Å². The fourth-order valence-electron chi connectivity index (χ4n) is 2.88. The SMILES string of the molecule is Cc1cc(=O)[nH]c(-c2ccccc2CN(C)C/C=C/c2ccccc2)n1. The molecule has 0 spiro atoms. The third-order valence-corrected chi connectivity index (χ3v) is 4.11. The monoisotopic (exact) mass is 345 g/mol. The molecule has 1 N–H and O–H groups in total. The molecule has 0 unspecified atom stereocenters. The number of likely N-dealkylation sites (N-methyl/N-ethyl adjacent to an activating group) is 1. The van der Waals surface area contributed by atoms with Gasteiger partial charge >= 0.3 is 0 Å². The Bertz CT molecular complexity index is 945. The molecule has 0 aliphatic heterocycles. The van der Waals surface area contributed by atoms with Gasteiger partial charge in [0.1, 0.15) is 5.82 Å². The highest BCUT2D eigenvalue weighted by Gasteiger charge is 2.09. The van der Waals surface area contributed by atoms with Gasteiger partial charge < -0.3 is 4.98 Å². The highest BCUT2D eigenvalue weighted by molar-refractivity contribution is 5.60. The summed E-state index contributed by atoms with van der Waals surface area (Å²) in [5.74, 6) is 0.624. The number of hydrogen-bond donors (Lipinski definition) is 1. The maximum absolute atomic E-state index is 11.8. The van der Waals surface area contributed by atoms with Gasteiger partial charge in [-0.25, -0.2) is 4.98 Å². The normalized spacial score (nSPS) is 11.3. The molecule has 4 nitrogen and oxygen atoms in total. The van der Waals surface area contributed by atoms with Crippen molar-refractivity contribution in [1.82, 2.24) is 14.9 Å². The first kappa shape index (κ1) is 17.8. The molecule has 0 bridgehead atoms. The highest BCUT2D eigenvalue weighted by Crippen LogP contribution is 2.20. The lowest BCUT2D eigenvalue weighted by Crippen LogP contribution is -2.18. The van der Waals surface area contributed by atoms with Crippen LogP contribution < -0.4 is 5.56 Å². The van der Waals surface area contributed by atoms with E-state index in [1.54, 1.807) is 0 Å². The molecule has 1 aromatic heterocycles. The maximum Gasteiger partial charge on any atom is 0.251 e. The van der Waals surface area contributed by atoms with Crippen LogP contribution in [0.3, 0.4) is 0 Å². The van der Waals surface area contributed by atoms with Crippen molar-refractivity contribution in [2.75, 3.05) is 13.6 Å². The van der Waals surface area contributed by atoms with E-state index in [4.69, 9.17) is 0 Å². The van der Waals surface area contributed by atoms with Crippen LogP contribution in [-0.4, -0.2) is 28.5 Å². The molecule has 0 aliphatic carbocycles. The lowest BCUT2D eigenvalue weighted by Gasteiger charge is -2.17. The van der Waals surface area contributed by atoms with Gasteiger partial charge in [0.05, 0.1) is 0 Å². The minimum Gasteiger partial charge on any atom is -0.307 e. The molecule has 1 heterocycles. The summed E-state index contributed by atoms with van der Waals surface area (Å²) in [6, 6.07) is 19.8. The quantitative estimate of drug-likeness (QED) is 0.737. The van der Waals surface area contributed by atoms with Crippen molar-refractivity contribution < 1.29 is 0 Å². The van der Waals surface area contributed by atoms with Crippen molar-refractivity contribution in [3.63, 3.8) is 0 Å². The van der Waals surface area contributed by atoms with Gasteiger partial charge in [0.2, 0.25) is 0 Å². The molecule has 132 valence electrons. The molecular weight excluding hydrogens is 322 g/mol. The van der Waals surface area contributed by atoms with E-state index in [-0.39, 0.29) is 5.56 Å². The zero-order valence-corrected chi connectivity index (χ0v) is 15.1. The van der Waals surface area contributed by atoms with Crippen molar-refractivity contribution >= 4 is 6.08 Å². The minimum atomic E-state index is -0.124. The van der Waals surface area contributed by atoms with Crippen LogP contribution in [0.4, 0.5) is 0 Å². The number of nitrogens with one attached hydrogen (secondary N) is 1. The molecule has 4 heteroatoms. The van der Waals surface area contributed by atoms with Crippen molar-refractivity contribution in [2.45, 2.75) is 13.5 Å². The van der Waals surface area contributed by atoms with Crippen molar-refractivity contribution in [2.24, 2.45) is 0 Å². The molecule has 0 saturated carbocycles. The Kier molecular flexibility index (Phi) is 5.77. The van der Waals surface area contributed by atoms with Gasteiger partial charge in [0.25, 0.3) is 5.56 Å². The average molecular weight is 345 g/mol. The van der Waals surface area contributed by atoms with Crippen molar-refractivity contribution in [3.05, 3.63) is 93.9 Å². The number of aromatic nitrogens is 2. The first-order chi connectivity index (χ1) is 12.6. The lowest BCUT2D eigenvalue weighted by molar-refractivity contribution is 0.364. The van der Waals surface area contributed by atoms with E-state index in [0.29, 0.717) is 5.82 Å². The number of aryl methyl sites for hydroxylation is 1. The summed E-state index contributed by atoms with van der Waals surface area (Å²) in [6.07, 6.45) is 4.28. The van der Waals surface area contributed by atoms with E-state index < -0.39 is 0 Å². The smallest absolute Gasteiger partial charge is 0.251 e. The Hall–Kier alpha value is -2.98. The Labute approximate surface area is 153 Å². The fraction of sp³-hybridized carbons (Fsp3) is 0.182. The Morgan fingerprint density at radius 3 is 2.58 bits per heavy atom. The van der Waals surface area contributed by atoms with Crippen LogP contribution in [0, 0.1) is 6.92 Å². The number of benzene rings is 2. The van der Waals surface area contributed by atoms with Crippen LogP contribution >= 0.6 is 0 Å². The van der Waals surface area contributed by atoms with E-state index in [1.165, 1.54) is 11.6 Å². The Balaban J connectivity index is 1.74. The van der Waals surface area contributed by atoms with E-state index in [1.807, 2.05) is 43.3 Å². The standard InChI is InChI=1S/C22H23N3O/c1-17-15-21(26)24-22(23-17)20-13-7-6-12-19(20)16-25(2)14-8-11-18-9-4-3-5-10-18/h3-13,15H,14,16H2,1-2H3,(H,23,24,26)/b11-8+. The zero-order valence-electron chi connectivity index (χ0n) is 15.1. The van der Waals surface area contributed by atoms with E-state index in [9.17, 15) is 4.79 Å². The minimum absolute atomic E-state index is 0.124. The van der Waals surface area contributed by atoms with Gasteiger partial charge in [0, 0.05) is 30.4 Å². The second-order valence-electron chi connectivity index (χ2n) is 6.40. The molecule has 0 aliphatic rings. The Morgan fingerprint density at radius 2 is 1.81 bits per heavy atom. The third kappa shape index (κ3) is 4.77. The van der Waals surface area contributed by atoms with Crippen LogP contribution in [0.1, 0.15) is 16.8 Å². The summed E-state index contributed by atoms with van der Waals surface area (Å²) in [4.78, 5) is 21.3. The van der Waals surface area contributed by atoms with E-state index in [0.717, 1.165) is 29.9 Å². The number of hydrogen-bond acceptors (Lipinski definition) is 3. The molecule has 0 fully saturated rings.